The first-order valence-corrected chi connectivity index (χ1v) is 9.28. The van der Waals surface area contributed by atoms with E-state index in [1.807, 2.05) is 11.3 Å². The van der Waals surface area contributed by atoms with E-state index in [1.165, 1.54) is 41.8 Å². The first-order chi connectivity index (χ1) is 9.45. The van der Waals surface area contributed by atoms with Crippen molar-refractivity contribution < 1.29 is 0 Å². The van der Waals surface area contributed by atoms with Gasteiger partial charge in [0.2, 0.25) is 0 Å². The van der Waals surface area contributed by atoms with Gasteiger partial charge in [-0.3, -0.25) is 0 Å². The number of hydrogen-bond donors (Lipinski definition) is 1. The van der Waals surface area contributed by atoms with Crippen molar-refractivity contribution in [2.45, 2.75) is 40.2 Å². The second kappa shape index (κ2) is 7.39. The Morgan fingerprint density at radius 3 is 2.60 bits per heavy atom. The highest BCUT2D eigenvalue weighted by atomic mass is 79.9. The maximum atomic E-state index is 3.55. The Balaban J connectivity index is 1.59. The number of halogens is 1. The zero-order valence-corrected chi connectivity index (χ0v) is 15.3. The Kier molecular flexibility index (Phi) is 6.09. The zero-order valence-electron chi connectivity index (χ0n) is 12.9. The van der Waals surface area contributed by atoms with Gasteiger partial charge in [0.25, 0.3) is 0 Å². The van der Waals surface area contributed by atoms with Gasteiger partial charge in [-0.2, -0.15) is 0 Å². The van der Waals surface area contributed by atoms with Crippen LogP contribution in [-0.2, 0) is 6.54 Å². The number of rotatable bonds is 5. The Morgan fingerprint density at radius 1 is 1.35 bits per heavy atom. The summed E-state index contributed by atoms with van der Waals surface area (Å²) in [7, 11) is 0. The standard InChI is InChI=1S/C16H27BrN2S/c1-16(2,3)13-4-7-19(8-5-13)9-6-18-11-15-10-14(17)12-20-15/h10,12-13,18H,4-9,11H2,1-3H3. The lowest BCUT2D eigenvalue weighted by molar-refractivity contribution is 0.113. The first-order valence-electron chi connectivity index (χ1n) is 7.61. The molecule has 1 saturated heterocycles. The lowest BCUT2D eigenvalue weighted by Crippen LogP contribution is -2.40. The van der Waals surface area contributed by atoms with E-state index in [1.54, 1.807) is 0 Å². The summed E-state index contributed by atoms with van der Waals surface area (Å²) in [5, 5.41) is 5.70. The molecule has 1 aromatic rings. The molecule has 0 atom stereocenters. The summed E-state index contributed by atoms with van der Waals surface area (Å²) in [4.78, 5) is 4.02. The van der Waals surface area contributed by atoms with Crippen molar-refractivity contribution in [3.8, 4) is 0 Å². The van der Waals surface area contributed by atoms with E-state index in [-0.39, 0.29) is 0 Å². The minimum absolute atomic E-state index is 0.483. The van der Waals surface area contributed by atoms with Crippen molar-refractivity contribution in [2.24, 2.45) is 11.3 Å². The number of likely N-dealkylation sites (tertiary alicyclic amines) is 1. The topological polar surface area (TPSA) is 15.3 Å². The van der Waals surface area contributed by atoms with E-state index in [0.717, 1.165) is 19.0 Å². The Morgan fingerprint density at radius 2 is 2.05 bits per heavy atom. The summed E-state index contributed by atoms with van der Waals surface area (Å²) in [6, 6.07) is 2.20. The highest BCUT2D eigenvalue weighted by molar-refractivity contribution is 9.10. The smallest absolute Gasteiger partial charge is 0.0300 e. The molecule has 1 aliphatic heterocycles. The van der Waals surface area contributed by atoms with Gasteiger partial charge in [-0.1, -0.05) is 20.8 Å². The van der Waals surface area contributed by atoms with Crippen LogP contribution in [0.2, 0.25) is 0 Å². The van der Waals surface area contributed by atoms with Crippen LogP contribution in [0.4, 0.5) is 0 Å². The van der Waals surface area contributed by atoms with E-state index < -0.39 is 0 Å². The summed E-state index contributed by atoms with van der Waals surface area (Å²) in [5.74, 6) is 0.898. The normalized spacial score (nSPS) is 18.6. The fourth-order valence-corrected chi connectivity index (χ4v) is 4.34. The lowest BCUT2D eigenvalue weighted by atomic mass is 9.75. The van der Waals surface area contributed by atoms with E-state index in [2.05, 4.69) is 58.4 Å². The van der Waals surface area contributed by atoms with E-state index in [4.69, 9.17) is 0 Å². The summed E-state index contributed by atoms with van der Waals surface area (Å²) < 4.78 is 1.20. The van der Waals surface area contributed by atoms with Crippen LogP contribution in [0.25, 0.3) is 0 Å². The van der Waals surface area contributed by atoms with Gasteiger partial charge < -0.3 is 10.2 Å². The fraction of sp³-hybridized carbons (Fsp3) is 0.750. The van der Waals surface area contributed by atoms with Crippen LogP contribution in [0.5, 0.6) is 0 Å². The summed E-state index contributed by atoms with van der Waals surface area (Å²) in [5.41, 5.74) is 0.483. The predicted molar refractivity (Wildman–Crippen MR) is 92.3 cm³/mol. The quantitative estimate of drug-likeness (QED) is 0.786. The van der Waals surface area contributed by atoms with Gasteiger partial charge in [0.15, 0.2) is 0 Å². The average Bonchev–Trinajstić information content (AvgIpc) is 2.80. The SMILES string of the molecule is CC(C)(C)C1CCN(CCNCc2cc(Br)cs2)CC1. The summed E-state index contributed by atoms with van der Waals surface area (Å²) in [6.07, 6.45) is 2.72. The maximum Gasteiger partial charge on any atom is 0.0300 e. The predicted octanol–water partition coefficient (Wildman–Crippen LogP) is 4.36. The second-order valence-corrected chi connectivity index (χ2v) is 8.80. The maximum absolute atomic E-state index is 3.55. The van der Waals surface area contributed by atoms with Gasteiger partial charge in [-0.05, 0) is 59.3 Å². The van der Waals surface area contributed by atoms with Gasteiger partial charge in [0.1, 0.15) is 0 Å². The molecule has 0 aromatic carbocycles. The third-order valence-electron chi connectivity index (χ3n) is 4.34. The monoisotopic (exact) mass is 358 g/mol. The molecule has 114 valence electrons. The molecule has 2 nitrogen and oxygen atoms in total. The van der Waals surface area contributed by atoms with Gasteiger partial charge in [-0.15, -0.1) is 11.3 Å². The largest absolute Gasteiger partial charge is 0.311 e. The van der Waals surface area contributed by atoms with Crippen LogP contribution in [-0.4, -0.2) is 31.1 Å². The van der Waals surface area contributed by atoms with Gasteiger partial charge in [0.05, 0.1) is 0 Å². The fourth-order valence-electron chi connectivity index (χ4n) is 2.92. The molecule has 0 amide bonds. The minimum Gasteiger partial charge on any atom is -0.311 e. The van der Waals surface area contributed by atoms with Crippen LogP contribution in [0.15, 0.2) is 15.9 Å². The Labute approximate surface area is 136 Å². The van der Waals surface area contributed by atoms with Crippen LogP contribution in [0.1, 0.15) is 38.5 Å². The first kappa shape index (κ1) is 16.5. The van der Waals surface area contributed by atoms with Gasteiger partial charge in [0, 0.05) is 34.4 Å². The molecule has 0 bridgehead atoms. The van der Waals surface area contributed by atoms with Crippen LogP contribution >= 0.6 is 27.3 Å². The Hall–Kier alpha value is 0.1000. The van der Waals surface area contributed by atoms with Crippen molar-refractivity contribution >= 4 is 27.3 Å². The number of piperidine rings is 1. The molecule has 1 aliphatic rings. The lowest BCUT2D eigenvalue weighted by Gasteiger charge is -2.38. The van der Waals surface area contributed by atoms with Crippen LogP contribution in [0.3, 0.4) is 0 Å². The molecule has 0 unspecified atom stereocenters. The van der Waals surface area contributed by atoms with Crippen molar-refractivity contribution in [1.82, 2.24) is 10.2 Å². The highest BCUT2D eigenvalue weighted by Crippen LogP contribution is 2.34. The molecule has 0 aliphatic carbocycles. The molecule has 0 saturated carbocycles. The molecule has 1 N–H and O–H groups in total. The van der Waals surface area contributed by atoms with Crippen molar-refractivity contribution in [3.63, 3.8) is 0 Å². The molecule has 0 radical (unpaired) electrons. The number of nitrogens with zero attached hydrogens (tertiary/aromatic N) is 1. The third kappa shape index (κ3) is 5.14. The van der Waals surface area contributed by atoms with Crippen molar-refractivity contribution in [2.75, 3.05) is 26.2 Å². The molecular formula is C16H27BrN2S. The molecule has 2 heterocycles. The zero-order chi connectivity index (χ0) is 14.6. The molecule has 4 heteroatoms. The molecule has 1 aromatic heterocycles. The Bertz CT molecular complexity index is 403. The number of thiophene rings is 1. The summed E-state index contributed by atoms with van der Waals surface area (Å²) >= 11 is 5.32. The molecule has 0 spiro atoms. The average molecular weight is 359 g/mol. The van der Waals surface area contributed by atoms with Crippen molar-refractivity contribution in [1.29, 1.82) is 0 Å². The minimum atomic E-state index is 0.483. The highest BCUT2D eigenvalue weighted by Gasteiger charge is 2.28. The van der Waals surface area contributed by atoms with E-state index in [9.17, 15) is 0 Å². The molecule has 20 heavy (non-hydrogen) atoms. The van der Waals surface area contributed by atoms with Crippen molar-refractivity contribution in [3.05, 3.63) is 20.8 Å². The van der Waals surface area contributed by atoms with Gasteiger partial charge >= 0.3 is 0 Å². The van der Waals surface area contributed by atoms with Crippen LogP contribution < -0.4 is 5.32 Å². The number of hydrogen-bond acceptors (Lipinski definition) is 3. The van der Waals surface area contributed by atoms with Gasteiger partial charge in [-0.25, -0.2) is 0 Å². The number of nitrogens with one attached hydrogen (secondary N) is 1. The van der Waals surface area contributed by atoms with E-state index >= 15 is 0 Å². The van der Waals surface area contributed by atoms with E-state index in [0.29, 0.717) is 5.41 Å². The van der Waals surface area contributed by atoms with Crippen LogP contribution in [0, 0.1) is 11.3 Å². The third-order valence-corrected chi connectivity index (χ3v) is 6.04. The summed E-state index contributed by atoms with van der Waals surface area (Å²) in [6.45, 7) is 13.0. The molecule has 1 fully saturated rings. The molecular weight excluding hydrogens is 332 g/mol. The molecule has 2 rings (SSSR count). The second-order valence-electron chi connectivity index (χ2n) is 6.89.